The Morgan fingerprint density at radius 3 is 1.79 bits per heavy atom. The van der Waals surface area contributed by atoms with Crippen LogP contribution in [0.25, 0.3) is 0 Å². The lowest BCUT2D eigenvalue weighted by molar-refractivity contribution is -0.139. The van der Waals surface area contributed by atoms with Crippen LogP contribution in [0.5, 0.6) is 0 Å². The van der Waals surface area contributed by atoms with Gasteiger partial charge < -0.3 is 26.8 Å². The monoisotopic (exact) mass is 400 g/mol. The first-order valence-electron chi connectivity index (χ1n) is 9.70. The molecule has 0 saturated carbocycles. The lowest BCUT2D eigenvalue weighted by atomic mass is 9.99. The third kappa shape index (κ3) is 10.2. The molecule has 0 aliphatic carbocycles. The van der Waals surface area contributed by atoms with Crippen LogP contribution in [-0.2, 0) is 19.2 Å². The van der Waals surface area contributed by atoms with Crippen molar-refractivity contribution in [1.82, 2.24) is 16.0 Å². The first kappa shape index (κ1) is 25.8. The van der Waals surface area contributed by atoms with E-state index in [4.69, 9.17) is 10.8 Å². The minimum absolute atomic E-state index is 0.121. The number of carbonyl (C=O) groups is 4. The predicted molar refractivity (Wildman–Crippen MR) is 106 cm³/mol. The molecule has 0 aromatic carbocycles. The minimum atomic E-state index is -1.17. The Morgan fingerprint density at radius 2 is 1.36 bits per heavy atom. The van der Waals surface area contributed by atoms with Crippen molar-refractivity contribution >= 4 is 23.7 Å². The Hall–Kier alpha value is -2.16. The molecule has 0 spiro atoms. The fourth-order valence-electron chi connectivity index (χ4n) is 2.66. The number of nitrogens with one attached hydrogen (secondary N) is 3. The van der Waals surface area contributed by atoms with Crippen molar-refractivity contribution in [1.29, 1.82) is 0 Å². The number of hydrogen-bond acceptors (Lipinski definition) is 5. The van der Waals surface area contributed by atoms with Gasteiger partial charge in [0.2, 0.25) is 17.7 Å². The van der Waals surface area contributed by atoms with Crippen LogP contribution in [0.4, 0.5) is 0 Å². The van der Waals surface area contributed by atoms with E-state index in [1.165, 1.54) is 0 Å². The lowest BCUT2D eigenvalue weighted by Gasteiger charge is -2.27. The van der Waals surface area contributed by atoms with Crippen molar-refractivity contribution < 1.29 is 24.3 Å². The van der Waals surface area contributed by atoms with Crippen LogP contribution in [0.3, 0.4) is 0 Å². The Balaban J connectivity index is 5.17. The van der Waals surface area contributed by atoms with Gasteiger partial charge in [-0.1, -0.05) is 41.5 Å². The standard InChI is InChI=1S/C19H36N4O5/c1-10(2)7-13(20)17(26)22-14(8-11(3)4)18(27)23-16(12(5)6)19(28)21-9-15(24)25/h10-14,16H,7-9,20H2,1-6H3,(H,21,28)(H,22,26)(H,23,27)(H,24,25). The largest absolute Gasteiger partial charge is 0.480 e. The molecule has 0 radical (unpaired) electrons. The van der Waals surface area contributed by atoms with E-state index in [-0.39, 0.29) is 17.8 Å². The number of carboxylic acid groups (broad SMARTS) is 1. The number of rotatable bonds is 12. The van der Waals surface area contributed by atoms with E-state index in [0.717, 1.165) is 0 Å². The number of amides is 3. The zero-order valence-electron chi connectivity index (χ0n) is 17.7. The summed E-state index contributed by atoms with van der Waals surface area (Å²) in [5.74, 6) is -2.58. The summed E-state index contributed by atoms with van der Waals surface area (Å²) < 4.78 is 0. The fraction of sp³-hybridized carbons (Fsp3) is 0.789. The zero-order valence-corrected chi connectivity index (χ0v) is 17.7. The summed E-state index contributed by atoms with van der Waals surface area (Å²) in [6, 6.07) is -2.47. The number of hydrogen-bond donors (Lipinski definition) is 5. The molecule has 28 heavy (non-hydrogen) atoms. The van der Waals surface area contributed by atoms with E-state index < -0.39 is 48.4 Å². The molecule has 3 atom stereocenters. The quantitative estimate of drug-likeness (QED) is 0.316. The lowest BCUT2D eigenvalue weighted by Crippen LogP contribution is -2.57. The molecule has 0 aromatic rings. The van der Waals surface area contributed by atoms with Crippen LogP contribution < -0.4 is 21.7 Å². The number of nitrogens with two attached hydrogens (primary N) is 1. The van der Waals surface area contributed by atoms with Gasteiger partial charge in [0.15, 0.2) is 0 Å². The highest BCUT2D eigenvalue weighted by Crippen LogP contribution is 2.09. The number of carbonyl (C=O) groups excluding carboxylic acids is 3. The average molecular weight is 401 g/mol. The molecule has 0 aliphatic rings. The van der Waals surface area contributed by atoms with Crippen molar-refractivity contribution in [3.05, 3.63) is 0 Å². The number of aliphatic carboxylic acids is 1. The van der Waals surface area contributed by atoms with Gasteiger partial charge in [0.25, 0.3) is 0 Å². The summed E-state index contributed by atoms with van der Waals surface area (Å²) in [4.78, 5) is 48.0. The first-order chi connectivity index (χ1) is 12.8. The highest BCUT2D eigenvalue weighted by Gasteiger charge is 2.30. The zero-order chi connectivity index (χ0) is 22.0. The van der Waals surface area contributed by atoms with E-state index in [1.807, 2.05) is 27.7 Å². The maximum absolute atomic E-state index is 12.8. The molecule has 0 heterocycles. The van der Waals surface area contributed by atoms with Crippen LogP contribution in [-0.4, -0.2) is 53.5 Å². The first-order valence-corrected chi connectivity index (χ1v) is 9.70. The van der Waals surface area contributed by atoms with Crippen LogP contribution in [0.2, 0.25) is 0 Å². The van der Waals surface area contributed by atoms with E-state index >= 15 is 0 Å². The van der Waals surface area contributed by atoms with Gasteiger partial charge in [0.05, 0.1) is 6.04 Å². The maximum atomic E-state index is 12.8. The van der Waals surface area contributed by atoms with Gasteiger partial charge in [0, 0.05) is 0 Å². The molecule has 0 aliphatic heterocycles. The van der Waals surface area contributed by atoms with Gasteiger partial charge in [-0.15, -0.1) is 0 Å². The maximum Gasteiger partial charge on any atom is 0.322 e. The molecule has 0 rings (SSSR count). The molecule has 3 unspecified atom stereocenters. The summed E-state index contributed by atoms with van der Waals surface area (Å²) >= 11 is 0. The average Bonchev–Trinajstić information content (AvgIpc) is 2.55. The molecule has 162 valence electrons. The second-order valence-electron chi connectivity index (χ2n) is 8.27. The van der Waals surface area contributed by atoms with Gasteiger partial charge in [-0.25, -0.2) is 0 Å². The Morgan fingerprint density at radius 1 is 0.821 bits per heavy atom. The summed E-state index contributed by atoms with van der Waals surface area (Å²) in [6.45, 7) is 10.7. The predicted octanol–water partition coefficient (Wildman–Crippen LogP) is 0.232. The Kier molecular flexibility index (Phi) is 11.4. The smallest absolute Gasteiger partial charge is 0.322 e. The van der Waals surface area contributed by atoms with Crippen molar-refractivity contribution in [2.45, 2.75) is 72.5 Å². The fourth-order valence-corrected chi connectivity index (χ4v) is 2.66. The Bertz CT molecular complexity index is 548. The molecule has 0 aromatic heterocycles. The minimum Gasteiger partial charge on any atom is -0.480 e. The number of carboxylic acids is 1. The molecule has 9 heteroatoms. The van der Waals surface area contributed by atoms with Gasteiger partial charge in [0.1, 0.15) is 18.6 Å². The SMILES string of the molecule is CC(C)CC(N)C(=O)NC(CC(C)C)C(=O)NC(C(=O)NCC(=O)O)C(C)C. The van der Waals surface area contributed by atoms with Gasteiger partial charge in [-0.2, -0.15) is 0 Å². The molecular formula is C19H36N4O5. The Labute approximate surface area is 167 Å². The van der Waals surface area contributed by atoms with Crippen LogP contribution in [0, 0.1) is 17.8 Å². The summed E-state index contributed by atoms with van der Waals surface area (Å²) in [6.07, 6.45) is 0.877. The molecule has 0 fully saturated rings. The van der Waals surface area contributed by atoms with E-state index in [9.17, 15) is 19.2 Å². The molecule has 6 N–H and O–H groups in total. The summed E-state index contributed by atoms with van der Waals surface area (Å²) in [7, 11) is 0. The molecule has 3 amide bonds. The summed E-state index contributed by atoms with van der Waals surface area (Å²) in [5, 5.41) is 16.3. The normalized spacial score (nSPS) is 14.5. The van der Waals surface area contributed by atoms with Gasteiger partial charge in [-0.05, 0) is 30.6 Å². The van der Waals surface area contributed by atoms with Crippen molar-refractivity contribution in [2.75, 3.05) is 6.54 Å². The van der Waals surface area contributed by atoms with Gasteiger partial charge >= 0.3 is 5.97 Å². The second-order valence-corrected chi connectivity index (χ2v) is 8.27. The third-order valence-electron chi connectivity index (χ3n) is 4.06. The molecule has 0 saturated heterocycles. The molecule has 0 bridgehead atoms. The van der Waals surface area contributed by atoms with E-state index in [1.54, 1.807) is 13.8 Å². The van der Waals surface area contributed by atoms with E-state index in [2.05, 4.69) is 16.0 Å². The molecule has 9 nitrogen and oxygen atoms in total. The third-order valence-corrected chi connectivity index (χ3v) is 4.06. The van der Waals surface area contributed by atoms with Crippen LogP contribution >= 0.6 is 0 Å². The molecular weight excluding hydrogens is 364 g/mol. The van der Waals surface area contributed by atoms with Crippen molar-refractivity contribution in [3.63, 3.8) is 0 Å². The van der Waals surface area contributed by atoms with Crippen molar-refractivity contribution in [2.24, 2.45) is 23.5 Å². The van der Waals surface area contributed by atoms with Crippen LogP contribution in [0.1, 0.15) is 54.4 Å². The van der Waals surface area contributed by atoms with Crippen LogP contribution in [0.15, 0.2) is 0 Å². The van der Waals surface area contributed by atoms with E-state index in [0.29, 0.717) is 12.8 Å². The second kappa shape index (κ2) is 12.3. The van der Waals surface area contributed by atoms with Gasteiger partial charge in [-0.3, -0.25) is 19.2 Å². The highest BCUT2D eigenvalue weighted by molar-refractivity contribution is 5.93. The highest BCUT2D eigenvalue weighted by atomic mass is 16.4. The van der Waals surface area contributed by atoms with Crippen molar-refractivity contribution in [3.8, 4) is 0 Å². The summed E-state index contributed by atoms with van der Waals surface area (Å²) in [5.41, 5.74) is 5.90. The topological polar surface area (TPSA) is 151 Å².